The summed E-state index contributed by atoms with van der Waals surface area (Å²) in [7, 11) is 0. The van der Waals surface area contributed by atoms with Gasteiger partial charge in [-0.15, -0.1) is 0 Å². The Morgan fingerprint density at radius 2 is 1.71 bits per heavy atom. The van der Waals surface area contributed by atoms with Gasteiger partial charge in [0, 0.05) is 18.2 Å². The van der Waals surface area contributed by atoms with E-state index < -0.39 is 0 Å². The average Bonchev–Trinajstić information content (AvgIpc) is 2.55. The van der Waals surface area contributed by atoms with Crippen LogP contribution in [0.5, 0.6) is 0 Å². The van der Waals surface area contributed by atoms with E-state index in [1.54, 1.807) is 18.3 Å². The van der Waals surface area contributed by atoms with Crippen LogP contribution < -0.4 is 5.43 Å². The number of carbonyl (C=O) groups is 1. The number of hydrogen-bond acceptors (Lipinski definition) is 3. The summed E-state index contributed by atoms with van der Waals surface area (Å²) in [6.07, 6.45) is 2.30. The van der Waals surface area contributed by atoms with Crippen LogP contribution in [0, 0.1) is 0 Å². The standard InChI is InChI=1S/C17H18N2O2/c20-17(16-10-5-2-6-11-16)19-18-12-7-13-21-14-15-8-3-1-4-9-15/h1-6,8-12H,7,13-14H2,(H,19,20). The van der Waals surface area contributed by atoms with Gasteiger partial charge < -0.3 is 4.74 Å². The van der Waals surface area contributed by atoms with Crippen LogP contribution in [0.2, 0.25) is 0 Å². The highest BCUT2D eigenvalue weighted by atomic mass is 16.5. The van der Waals surface area contributed by atoms with Crippen LogP contribution in [-0.4, -0.2) is 18.7 Å². The molecule has 1 amide bonds. The molecule has 108 valence electrons. The summed E-state index contributed by atoms with van der Waals surface area (Å²) in [5, 5.41) is 3.89. The van der Waals surface area contributed by atoms with Gasteiger partial charge >= 0.3 is 0 Å². The van der Waals surface area contributed by atoms with Crippen LogP contribution in [-0.2, 0) is 11.3 Å². The minimum atomic E-state index is -0.211. The fourth-order valence-electron chi connectivity index (χ4n) is 1.72. The van der Waals surface area contributed by atoms with Crippen molar-refractivity contribution in [3.05, 3.63) is 71.8 Å². The second-order valence-electron chi connectivity index (χ2n) is 4.45. The number of hydrazone groups is 1. The zero-order valence-corrected chi connectivity index (χ0v) is 11.7. The van der Waals surface area contributed by atoms with Crippen LogP contribution in [0.15, 0.2) is 65.8 Å². The van der Waals surface area contributed by atoms with Gasteiger partial charge in [-0.05, 0) is 17.7 Å². The molecule has 2 aromatic rings. The molecule has 0 saturated heterocycles. The monoisotopic (exact) mass is 282 g/mol. The van der Waals surface area contributed by atoms with Gasteiger partial charge in [-0.3, -0.25) is 4.79 Å². The van der Waals surface area contributed by atoms with E-state index in [0.29, 0.717) is 25.2 Å². The first-order valence-electron chi connectivity index (χ1n) is 6.85. The van der Waals surface area contributed by atoms with Gasteiger partial charge in [-0.1, -0.05) is 48.5 Å². The summed E-state index contributed by atoms with van der Waals surface area (Å²) in [6.45, 7) is 1.16. The first kappa shape index (κ1) is 14.9. The lowest BCUT2D eigenvalue weighted by Gasteiger charge is -2.02. The lowest BCUT2D eigenvalue weighted by atomic mass is 10.2. The van der Waals surface area contributed by atoms with E-state index in [1.165, 1.54) is 0 Å². The zero-order chi connectivity index (χ0) is 14.8. The highest BCUT2D eigenvalue weighted by Crippen LogP contribution is 2.00. The van der Waals surface area contributed by atoms with Crippen molar-refractivity contribution in [1.82, 2.24) is 5.43 Å². The van der Waals surface area contributed by atoms with E-state index in [9.17, 15) is 4.79 Å². The Kier molecular flexibility index (Phi) is 6.16. The molecule has 4 nitrogen and oxygen atoms in total. The minimum absolute atomic E-state index is 0.211. The molecule has 0 aliphatic heterocycles. The molecule has 0 bridgehead atoms. The molecular weight excluding hydrogens is 264 g/mol. The Bertz CT molecular complexity index is 568. The second-order valence-corrected chi connectivity index (χ2v) is 4.45. The maximum atomic E-state index is 11.7. The van der Waals surface area contributed by atoms with Gasteiger partial charge in [0.05, 0.1) is 13.2 Å². The molecule has 0 aliphatic rings. The third kappa shape index (κ3) is 5.58. The molecule has 0 atom stereocenters. The lowest BCUT2D eigenvalue weighted by Crippen LogP contribution is -2.17. The van der Waals surface area contributed by atoms with Gasteiger partial charge in [0.2, 0.25) is 0 Å². The van der Waals surface area contributed by atoms with Gasteiger partial charge in [-0.2, -0.15) is 5.10 Å². The molecule has 0 fully saturated rings. The van der Waals surface area contributed by atoms with Crippen molar-refractivity contribution >= 4 is 12.1 Å². The quantitative estimate of drug-likeness (QED) is 0.482. The number of nitrogens with one attached hydrogen (secondary N) is 1. The molecule has 0 spiro atoms. The first-order chi connectivity index (χ1) is 10.4. The number of amides is 1. The topological polar surface area (TPSA) is 50.7 Å². The number of benzene rings is 2. The third-order valence-electron chi connectivity index (χ3n) is 2.80. The first-order valence-corrected chi connectivity index (χ1v) is 6.85. The van der Waals surface area contributed by atoms with E-state index >= 15 is 0 Å². The summed E-state index contributed by atoms with van der Waals surface area (Å²) in [5.74, 6) is -0.211. The van der Waals surface area contributed by atoms with Crippen molar-refractivity contribution in [2.24, 2.45) is 5.10 Å². The number of hydrogen-bond donors (Lipinski definition) is 1. The summed E-state index contributed by atoms with van der Waals surface area (Å²) in [4.78, 5) is 11.7. The molecule has 0 heterocycles. The molecule has 21 heavy (non-hydrogen) atoms. The SMILES string of the molecule is O=C(NN=CCCOCc1ccccc1)c1ccccc1. The van der Waals surface area contributed by atoms with Crippen LogP contribution in [0.25, 0.3) is 0 Å². The van der Waals surface area contributed by atoms with Crippen molar-refractivity contribution in [3.8, 4) is 0 Å². The Balaban J connectivity index is 1.60. The summed E-state index contributed by atoms with van der Waals surface area (Å²) in [6, 6.07) is 19.0. The molecule has 2 aromatic carbocycles. The lowest BCUT2D eigenvalue weighted by molar-refractivity contribution is 0.0954. The highest BCUT2D eigenvalue weighted by Gasteiger charge is 2.00. The molecule has 0 aliphatic carbocycles. The van der Waals surface area contributed by atoms with E-state index in [2.05, 4.69) is 10.5 Å². The van der Waals surface area contributed by atoms with Crippen molar-refractivity contribution in [2.75, 3.05) is 6.61 Å². The molecule has 0 unspecified atom stereocenters. The molecule has 0 saturated carbocycles. The second kappa shape index (κ2) is 8.66. The predicted molar refractivity (Wildman–Crippen MR) is 83.1 cm³/mol. The minimum Gasteiger partial charge on any atom is -0.376 e. The molecule has 4 heteroatoms. The van der Waals surface area contributed by atoms with E-state index in [4.69, 9.17) is 4.74 Å². The Morgan fingerprint density at radius 3 is 2.43 bits per heavy atom. The molecule has 0 radical (unpaired) electrons. The maximum absolute atomic E-state index is 11.7. The number of carbonyl (C=O) groups excluding carboxylic acids is 1. The Labute approximate surface area is 124 Å². The summed E-state index contributed by atoms with van der Waals surface area (Å²) in [5.41, 5.74) is 4.22. The van der Waals surface area contributed by atoms with Crippen LogP contribution >= 0.6 is 0 Å². The Morgan fingerprint density at radius 1 is 1.05 bits per heavy atom. The van der Waals surface area contributed by atoms with Gasteiger partial charge in [0.15, 0.2) is 0 Å². The largest absolute Gasteiger partial charge is 0.376 e. The normalized spacial score (nSPS) is 10.7. The third-order valence-corrected chi connectivity index (χ3v) is 2.80. The molecular formula is C17H18N2O2. The smallest absolute Gasteiger partial charge is 0.271 e. The number of ether oxygens (including phenoxy) is 1. The van der Waals surface area contributed by atoms with Gasteiger partial charge in [0.25, 0.3) is 5.91 Å². The summed E-state index contributed by atoms with van der Waals surface area (Å²) < 4.78 is 5.51. The highest BCUT2D eigenvalue weighted by molar-refractivity contribution is 5.94. The fraction of sp³-hybridized carbons (Fsp3) is 0.176. The van der Waals surface area contributed by atoms with E-state index in [1.807, 2.05) is 48.5 Å². The molecule has 2 rings (SSSR count). The fourth-order valence-corrected chi connectivity index (χ4v) is 1.72. The van der Waals surface area contributed by atoms with Crippen LogP contribution in [0.4, 0.5) is 0 Å². The zero-order valence-electron chi connectivity index (χ0n) is 11.7. The number of nitrogens with zero attached hydrogens (tertiary/aromatic N) is 1. The average molecular weight is 282 g/mol. The summed E-state index contributed by atoms with van der Waals surface area (Å²) >= 11 is 0. The number of rotatable bonds is 7. The van der Waals surface area contributed by atoms with E-state index in [0.717, 1.165) is 5.56 Å². The molecule has 0 aromatic heterocycles. The van der Waals surface area contributed by atoms with Crippen molar-refractivity contribution < 1.29 is 9.53 Å². The van der Waals surface area contributed by atoms with Crippen molar-refractivity contribution in [1.29, 1.82) is 0 Å². The van der Waals surface area contributed by atoms with Gasteiger partial charge in [-0.25, -0.2) is 5.43 Å². The van der Waals surface area contributed by atoms with Crippen molar-refractivity contribution in [2.45, 2.75) is 13.0 Å². The van der Waals surface area contributed by atoms with E-state index in [-0.39, 0.29) is 5.91 Å². The van der Waals surface area contributed by atoms with Crippen LogP contribution in [0.1, 0.15) is 22.3 Å². The van der Waals surface area contributed by atoms with Crippen LogP contribution in [0.3, 0.4) is 0 Å². The molecule has 1 N–H and O–H groups in total. The van der Waals surface area contributed by atoms with Crippen molar-refractivity contribution in [3.63, 3.8) is 0 Å². The van der Waals surface area contributed by atoms with Gasteiger partial charge in [0.1, 0.15) is 0 Å². The Hall–Kier alpha value is -2.46. The maximum Gasteiger partial charge on any atom is 0.271 e. The predicted octanol–water partition coefficient (Wildman–Crippen LogP) is 3.01.